The molecule has 1 aliphatic heterocycles. The molecule has 0 aromatic carbocycles. The predicted octanol–water partition coefficient (Wildman–Crippen LogP) is 0.111. The van der Waals surface area contributed by atoms with Gasteiger partial charge in [-0.1, -0.05) is 0 Å². The molecule has 0 unspecified atom stereocenters. The molecule has 0 spiro atoms. The van der Waals surface area contributed by atoms with Crippen molar-refractivity contribution in [2.24, 2.45) is 0 Å². The summed E-state index contributed by atoms with van der Waals surface area (Å²) in [7, 11) is 0. The van der Waals surface area contributed by atoms with E-state index in [9.17, 15) is 10.2 Å². The maximum Gasteiger partial charge on any atom is 3.00 e. The van der Waals surface area contributed by atoms with Crippen LogP contribution in [0.3, 0.4) is 0 Å². The summed E-state index contributed by atoms with van der Waals surface area (Å²) in [4.78, 5) is 4.46. The molecule has 6 nitrogen and oxygen atoms in total. The van der Waals surface area contributed by atoms with Crippen molar-refractivity contribution in [2.75, 3.05) is 65.4 Å². The van der Waals surface area contributed by atoms with Crippen LogP contribution in [-0.2, 0) is 17.1 Å². The van der Waals surface area contributed by atoms with Crippen LogP contribution in [0.15, 0.2) is 0 Å². The first-order valence-electron chi connectivity index (χ1n) is 7.65. The zero-order chi connectivity index (χ0) is 14.8. The van der Waals surface area contributed by atoms with E-state index in [1.807, 2.05) is 13.8 Å². The summed E-state index contributed by atoms with van der Waals surface area (Å²) < 4.78 is 0. The van der Waals surface area contributed by atoms with Gasteiger partial charge in [0.2, 0.25) is 0 Å². The van der Waals surface area contributed by atoms with Gasteiger partial charge in [-0.2, -0.15) is 0 Å². The molecule has 21 heavy (non-hydrogen) atoms. The molecule has 0 aliphatic carbocycles. The van der Waals surface area contributed by atoms with Crippen LogP contribution in [0.2, 0.25) is 0 Å². The van der Waals surface area contributed by atoms with Gasteiger partial charge in [0, 0.05) is 13.1 Å². The summed E-state index contributed by atoms with van der Waals surface area (Å²) in [6.07, 6.45) is -0.603. The minimum Gasteiger partial charge on any atom is -0.660 e. The van der Waals surface area contributed by atoms with E-state index in [0.29, 0.717) is 13.1 Å². The summed E-state index contributed by atoms with van der Waals surface area (Å²) in [5.41, 5.74) is 0. The molecule has 0 aromatic heterocycles. The smallest absolute Gasteiger partial charge is 0.660 e. The van der Waals surface area contributed by atoms with Crippen LogP contribution in [-0.4, -0.2) is 97.7 Å². The Balaban J connectivity index is 0.00000400. The average Bonchev–Trinajstić information content (AvgIpc) is 2.33. The van der Waals surface area contributed by atoms with Crippen LogP contribution in [0.25, 0.3) is 10.6 Å². The van der Waals surface area contributed by atoms with E-state index >= 15 is 0 Å². The molecule has 0 amide bonds. The van der Waals surface area contributed by atoms with Gasteiger partial charge in [0.05, 0.1) is 12.2 Å². The first kappa shape index (κ1) is 21.3. The van der Waals surface area contributed by atoms with Crippen LogP contribution >= 0.6 is 0 Å². The van der Waals surface area contributed by atoms with E-state index in [1.54, 1.807) is 0 Å². The zero-order valence-electron chi connectivity index (χ0n) is 13.3. The molecule has 125 valence electrons. The normalized spacial score (nSPS) is 23.4. The van der Waals surface area contributed by atoms with E-state index in [0.717, 1.165) is 52.4 Å². The maximum absolute atomic E-state index is 9.48. The van der Waals surface area contributed by atoms with Crippen LogP contribution in [0.5, 0.6) is 0 Å². The molecule has 1 rings (SSSR count). The molecule has 1 radical (unpaired) electrons. The summed E-state index contributed by atoms with van der Waals surface area (Å²) in [5, 5.41) is 28.0. The Morgan fingerprint density at radius 3 is 1.29 bits per heavy atom. The molecule has 0 bridgehead atoms. The second-order valence-corrected chi connectivity index (χ2v) is 5.64. The third-order valence-corrected chi connectivity index (χ3v) is 3.34. The predicted molar refractivity (Wildman–Crippen MR) is 82.4 cm³/mol. The van der Waals surface area contributed by atoms with Gasteiger partial charge in [0.25, 0.3) is 0 Å². The van der Waals surface area contributed by atoms with E-state index in [1.165, 1.54) is 0 Å². The fourth-order valence-corrected chi connectivity index (χ4v) is 2.41. The first-order valence-corrected chi connectivity index (χ1v) is 7.65. The van der Waals surface area contributed by atoms with E-state index in [-0.39, 0.29) is 29.3 Å². The number of hydrogen-bond donors (Lipinski definition) is 2. The molecule has 1 saturated heterocycles. The first-order chi connectivity index (χ1) is 9.58. The maximum atomic E-state index is 9.48. The Morgan fingerprint density at radius 1 is 0.762 bits per heavy atom. The number of nitrogens with zero attached hydrogens (tertiary/aromatic N) is 4. The Labute approximate surface area is 139 Å². The quantitative estimate of drug-likeness (QED) is 0.711. The monoisotopic (exact) mass is 342 g/mol. The summed E-state index contributed by atoms with van der Waals surface area (Å²) in [5.74, 6) is 0. The molecular formula is C14H30FeN4O2+. The van der Waals surface area contributed by atoms with Crippen molar-refractivity contribution in [1.29, 1.82) is 0 Å². The van der Waals surface area contributed by atoms with Gasteiger partial charge in [0.15, 0.2) is 0 Å². The van der Waals surface area contributed by atoms with Gasteiger partial charge in [-0.3, -0.25) is 0 Å². The van der Waals surface area contributed by atoms with E-state index < -0.39 is 0 Å². The van der Waals surface area contributed by atoms with Gasteiger partial charge >= 0.3 is 17.1 Å². The van der Waals surface area contributed by atoms with Crippen LogP contribution < -0.4 is 0 Å². The van der Waals surface area contributed by atoms with E-state index in [2.05, 4.69) is 20.4 Å². The molecule has 1 heterocycles. The van der Waals surface area contributed by atoms with Gasteiger partial charge in [-0.15, -0.1) is 26.2 Å². The third-order valence-electron chi connectivity index (χ3n) is 3.34. The fraction of sp³-hybridized carbons (Fsp3) is 1.00. The number of β-amino-alcohol motifs (C(OH)–C–C–N with tert-alkyl or cyclic N) is 2. The van der Waals surface area contributed by atoms with Crippen molar-refractivity contribution in [3.05, 3.63) is 10.6 Å². The van der Waals surface area contributed by atoms with Crippen molar-refractivity contribution in [3.8, 4) is 0 Å². The molecule has 2 N–H and O–H groups in total. The molecule has 1 fully saturated rings. The molecule has 1 aliphatic rings. The summed E-state index contributed by atoms with van der Waals surface area (Å²) >= 11 is 0. The van der Waals surface area contributed by atoms with Crippen LogP contribution in [0, 0.1) is 0 Å². The minimum absolute atomic E-state index is 0. The molecule has 7 heteroatoms. The van der Waals surface area contributed by atoms with Gasteiger partial charge in [0.1, 0.15) is 0 Å². The standard InChI is InChI=1S/C14H30N4O2.Fe/c1-13(19)11-17-7-3-15-5-9-18(12-14(2)20)10-6-16-4-8-17;/h13-14,19-20H,3-12H2,1-2H3;/q-2;+3/t13-,14-;/m0./s1. The van der Waals surface area contributed by atoms with Crippen molar-refractivity contribution < 1.29 is 27.3 Å². The van der Waals surface area contributed by atoms with Gasteiger partial charge in [-0.05, 0) is 40.0 Å². The molecule has 2 atom stereocenters. The topological polar surface area (TPSA) is 75.1 Å². The van der Waals surface area contributed by atoms with Crippen molar-refractivity contribution >= 4 is 0 Å². The summed E-state index contributed by atoms with van der Waals surface area (Å²) in [6, 6.07) is 0. The largest absolute Gasteiger partial charge is 3.00 e. The molecule has 0 saturated carbocycles. The Hall–Kier alpha value is 0.279. The SMILES string of the molecule is C[C@H](O)CN1CC[N-]CCN(C[C@H](C)O)CC[N-]CC1.[Fe+3]. The third kappa shape index (κ3) is 11.5. The van der Waals surface area contributed by atoms with E-state index in [4.69, 9.17) is 0 Å². The zero-order valence-corrected chi connectivity index (χ0v) is 14.4. The molecule has 0 aromatic rings. The van der Waals surface area contributed by atoms with Crippen LogP contribution in [0.4, 0.5) is 0 Å². The Morgan fingerprint density at radius 2 is 1.05 bits per heavy atom. The van der Waals surface area contributed by atoms with Gasteiger partial charge in [-0.25, -0.2) is 0 Å². The minimum atomic E-state index is -0.301. The van der Waals surface area contributed by atoms with Crippen molar-refractivity contribution in [2.45, 2.75) is 26.1 Å². The van der Waals surface area contributed by atoms with Crippen molar-refractivity contribution in [3.63, 3.8) is 0 Å². The molecular weight excluding hydrogens is 312 g/mol. The number of rotatable bonds is 4. The second kappa shape index (κ2) is 12.8. The number of aliphatic hydroxyl groups excluding tert-OH is 2. The Bertz CT molecular complexity index is 209. The van der Waals surface area contributed by atoms with Gasteiger partial charge < -0.3 is 30.6 Å². The van der Waals surface area contributed by atoms with Crippen molar-refractivity contribution in [1.82, 2.24) is 9.80 Å². The Kier molecular flexibility index (Phi) is 13.0. The average molecular weight is 342 g/mol. The fourth-order valence-electron chi connectivity index (χ4n) is 2.41. The summed E-state index contributed by atoms with van der Waals surface area (Å²) in [6.45, 7) is 11.8. The van der Waals surface area contributed by atoms with Crippen LogP contribution in [0.1, 0.15) is 13.8 Å². The second-order valence-electron chi connectivity index (χ2n) is 5.64. The number of aliphatic hydroxyl groups is 2. The number of hydrogen-bond acceptors (Lipinski definition) is 4.